The van der Waals surface area contributed by atoms with Crippen molar-refractivity contribution in [2.24, 2.45) is 0 Å². The molecular formula is C12H12F2O5. The lowest BCUT2D eigenvalue weighted by Crippen LogP contribution is -2.20. The molecule has 1 N–H and O–H groups in total. The summed E-state index contributed by atoms with van der Waals surface area (Å²) in [5.74, 6) is -0.779. The van der Waals surface area contributed by atoms with Gasteiger partial charge in [0.05, 0.1) is 7.11 Å². The number of ether oxygens (including phenoxy) is 3. The number of carbonyl (C=O) groups is 1. The first kappa shape index (κ1) is 13.5. The average Bonchev–Trinajstić information content (AvgIpc) is 2.44. The van der Waals surface area contributed by atoms with Gasteiger partial charge in [0.25, 0.3) is 6.43 Å². The van der Waals surface area contributed by atoms with Crippen LogP contribution < -0.4 is 9.47 Å². The van der Waals surface area contributed by atoms with E-state index in [1.54, 1.807) is 0 Å². The molecule has 1 aromatic rings. The molecule has 0 amide bonds. The summed E-state index contributed by atoms with van der Waals surface area (Å²) in [5, 5.41) is 9.80. The van der Waals surface area contributed by atoms with Crippen LogP contribution in [-0.2, 0) is 9.53 Å². The van der Waals surface area contributed by atoms with Gasteiger partial charge in [-0.05, 0) is 12.1 Å². The Kier molecular flexibility index (Phi) is 3.84. The highest BCUT2D eigenvalue weighted by atomic mass is 19.3. The Hall–Kier alpha value is -1.89. The van der Waals surface area contributed by atoms with Crippen LogP contribution >= 0.6 is 0 Å². The van der Waals surface area contributed by atoms with Crippen LogP contribution in [0.25, 0.3) is 0 Å². The molecule has 7 heteroatoms. The maximum atomic E-state index is 12.8. The van der Waals surface area contributed by atoms with Crippen LogP contribution in [0, 0.1) is 0 Å². The van der Waals surface area contributed by atoms with Crippen molar-refractivity contribution in [1.82, 2.24) is 0 Å². The fourth-order valence-corrected chi connectivity index (χ4v) is 1.77. The van der Waals surface area contributed by atoms with E-state index < -0.39 is 18.5 Å². The zero-order valence-corrected chi connectivity index (χ0v) is 10.1. The monoisotopic (exact) mass is 274 g/mol. The molecule has 0 saturated heterocycles. The molecule has 0 bridgehead atoms. The normalized spacial score (nSPS) is 15.2. The lowest BCUT2D eigenvalue weighted by Gasteiger charge is -2.23. The van der Waals surface area contributed by atoms with Gasteiger partial charge >= 0.3 is 5.97 Å². The first-order valence-corrected chi connectivity index (χ1v) is 5.52. The lowest BCUT2D eigenvalue weighted by molar-refractivity contribution is -0.150. The number of aliphatic hydroxyl groups excluding tert-OH is 1. The number of alkyl halides is 2. The number of benzene rings is 1. The maximum absolute atomic E-state index is 12.8. The van der Waals surface area contributed by atoms with E-state index in [0.717, 1.165) is 19.2 Å². The molecule has 0 fully saturated rings. The number of halogens is 2. The number of rotatable bonds is 3. The van der Waals surface area contributed by atoms with Gasteiger partial charge in [-0.2, -0.15) is 0 Å². The van der Waals surface area contributed by atoms with Crippen molar-refractivity contribution < 1.29 is 32.9 Å². The highest BCUT2D eigenvalue weighted by Gasteiger charge is 2.28. The molecule has 1 atom stereocenters. The van der Waals surface area contributed by atoms with Crippen LogP contribution in [-0.4, -0.2) is 31.4 Å². The van der Waals surface area contributed by atoms with E-state index in [9.17, 15) is 18.7 Å². The molecule has 1 aliphatic rings. The van der Waals surface area contributed by atoms with Crippen LogP contribution in [0.5, 0.6) is 11.5 Å². The van der Waals surface area contributed by atoms with Gasteiger partial charge in [0, 0.05) is 11.1 Å². The van der Waals surface area contributed by atoms with Gasteiger partial charge in [-0.3, -0.25) is 0 Å². The Bertz CT molecular complexity index is 489. The molecule has 1 unspecified atom stereocenters. The quantitative estimate of drug-likeness (QED) is 0.848. The minimum atomic E-state index is -2.75. The summed E-state index contributed by atoms with van der Waals surface area (Å²) >= 11 is 0. The maximum Gasteiger partial charge on any atom is 0.339 e. The molecule has 5 nitrogen and oxygen atoms in total. The third kappa shape index (κ3) is 2.60. The average molecular weight is 274 g/mol. The molecular weight excluding hydrogens is 262 g/mol. The van der Waals surface area contributed by atoms with Crippen LogP contribution in [0.2, 0.25) is 0 Å². The summed E-state index contributed by atoms with van der Waals surface area (Å²) in [7, 11) is 1.09. The predicted molar refractivity (Wildman–Crippen MR) is 59.4 cm³/mol. The Labute approximate surface area is 107 Å². The van der Waals surface area contributed by atoms with E-state index in [-0.39, 0.29) is 35.8 Å². The fraction of sp³-hybridized carbons (Fsp3) is 0.417. The molecule has 0 spiro atoms. The Morgan fingerprint density at radius 3 is 2.68 bits per heavy atom. The topological polar surface area (TPSA) is 65.0 Å². The van der Waals surface area contributed by atoms with Crippen LogP contribution in [0.3, 0.4) is 0 Å². The van der Waals surface area contributed by atoms with E-state index in [0.29, 0.717) is 0 Å². The number of fused-ring (bicyclic) bond motifs is 1. The van der Waals surface area contributed by atoms with Crippen LogP contribution in [0.15, 0.2) is 12.1 Å². The molecule has 19 heavy (non-hydrogen) atoms. The summed E-state index contributed by atoms with van der Waals surface area (Å²) in [4.78, 5) is 11.3. The summed E-state index contributed by atoms with van der Waals surface area (Å²) in [6.07, 6.45) is -4.45. The van der Waals surface area contributed by atoms with E-state index in [1.807, 2.05) is 0 Å². The Morgan fingerprint density at radius 2 is 2.05 bits per heavy atom. The van der Waals surface area contributed by atoms with Gasteiger partial charge in [0.2, 0.25) is 0 Å². The predicted octanol–water partition coefficient (Wildman–Crippen LogP) is 1.60. The molecule has 1 heterocycles. The second-order valence-corrected chi connectivity index (χ2v) is 3.86. The summed E-state index contributed by atoms with van der Waals surface area (Å²) < 4.78 is 40.4. The number of hydrogen-bond donors (Lipinski definition) is 1. The van der Waals surface area contributed by atoms with E-state index >= 15 is 0 Å². The summed E-state index contributed by atoms with van der Waals surface area (Å²) in [5.41, 5.74) is -0.443. The van der Waals surface area contributed by atoms with E-state index in [4.69, 9.17) is 9.47 Å². The van der Waals surface area contributed by atoms with Crippen molar-refractivity contribution in [1.29, 1.82) is 0 Å². The number of hydrogen-bond acceptors (Lipinski definition) is 5. The fourth-order valence-electron chi connectivity index (χ4n) is 1.77. The van der Waals surface area contributed by atoms with Crippen molar-refractivity contribution in [3.63, 3.8) is 0 Å². The molecule has 1 aromatic carbocycles. The molecule has 0 aliphatic carbocycles. The van der Waals surface area contributed by atoms with Gasteiger partial charge in [-0.1, -0.05) is 0 Å². The SMILES string of the molecule is COC(=O)C(O)c1cc(C(F)F)cc2c1OCCO2. The zero-order chi connectivity index (χ0) is 14.0. The van der Waals surface area contributed by atoms with Crippen molar-refractivity contribution in [2.45, 2.75) is 12.5 Å². The minimum absolute atomic E-state index is 0.0839. The van der Waals surface area contributed by atoms with Crippen molar-refractivity contribution in [2.75, 3.05) is 20.3 Å². The zero-order valence-electron chi connectivity index (χ0n) is 10.1. The molecule has 104 valence electrons. The van der Waals surface area contributed by atoms with Gasteiger partial charge in [0.15, 0.2) is 17.6 Å². The number of methoxy groups -OCH3 is 1. The van der Waals surface area contributed by atoms with Crippen molar-refractivity contribution >= 4 is 5.97 Å². The number of carbonyl (C=O) groups excluding carboxylic acids is 1. The molecule has 0 aromatic heterocycles. The molecule has 0 radical (unpaired) electrons. The van der Waals surface area contributed by atoms with Gasteiger partial charge in [-0.25, -0.2) is 13.6 Å². The molecule has 1 aliphatic heterocycles. The second-order valence-electron chi connectivity index (χ2n) is 3.86. The van der Waals surface area contributed by atoms with Crippen LogP contribution in [0.4, 0.5) is 8.78 Å². The Balaban J connectivity index is 2.50. The number of aliphatic hydroxyl groups is 1. The Morgan fingerprint density at radius 1 is 1.37 bits per heavy atom. The van der Waals surface area contributed by atoms with Gasteiger partial charge in [-0.15, -0.1) is 0 Å². The van der Waals surface area contributed by atoms with Gasteiger partial charge in [0.1, 0.15) is 13.2 Å². The summed E-state index contributed by atoms with van der Waals surface area (Å²) in [6.45, 7) is 0.426. The van der Waals surface area contributed by atoms with Crippen molar-refractivity contribution in [3.8, 4) is 11.5 Å². The van der Waals surface area contributed by atoms with E-state index in [2.05, 4.69) is 4.74 Å². The summed E-state index contributed by atoms with van der Waals surface area (Å²) in [6, 6.07) is 2.15. The highest BCUT2D eigenvalue weighted by molar-refractivity contribution is 5.78. The molecule has 0 saturated carbocycles. The second kappa shape index (κ2) is 5.40. The van der Waals surface area contributed by atoms with Gasteiger partial charge < -0.3 is 19.3 Å². The number of esters is 1. The first-order valence-electron chi connectivity index (χ1n) is 5.52. The lowest BCUT2D eigenvalue weighted by atomic mass is 10.0. The standard InChI is InChI=1S/C12H12F2O5/c1-17-12(16)9(15)7-4-6(11(13)14)5-8-10(7)19-3-2-18-8/h4-5,9,11,15H,2-3H2,1H3. The minimum Gasteiger partial charge on any atom is -0.486 e. The van der Waals surface area contributed by atoms with E-state index in [1.165, 1.54) is 0 Å². The third-order valence-corrected chi connectivity index (χ3v) is 2.66. The molecule has 2 rings (SSSR count). The largest absolute Gasteiger partial charge is 0.486 e. The van der Waals surface area contributed by atoms with Crippen molar-refractivity contribution in [3.05, 3.63) is 23.3 Å². The first-order chi connectivity index (χ1) is 9.04. The highest BCUT2D eigenvalue weighted by Crippen LogP contribution is 2.40. The van der Waals surface area contributed by atoms with Crippen LogP contribution in [0.1, 0.15) is 23.7 Å². The smallest absolute Gasteiger partial charge is 0.339 e. The third-order valence-electron chi connectivity index (χ3n) is 2.66.